The molecule has 9 heteroatoms. The molecule has 0 bridgehead atoms. The Labute approximate surface area is 186 Å². The van der Waals surface area contributed by atoms with Gasteiger partial charge < -0.3 is 9.64 Å². The van der Waals surface area contributed by atoms with Crippen LogP contribution in [0.2, 0.25) is 5.02 Å². The summed E-state index contributed by atoms with van der Waals surface area (Å²) in [6.45, 7) is 1.72. The number of hydrogen-bond donors (Lipinski definition) is 0. The number of benzene rings is 2. The molecule has 2 aromatic rings. The summed E-state index contributed by atoms with van der Waals surface area (Å²) in [4.78, 5) is 14.6. The Balaban J connectivity index is 1.40. The van der Waals surface area contributed by atoms with E-state index in [-0.39, 0.29) is 28.9 Å². The van der Waals surface area contributed by atoms with Gasteiger partial charge in [0.2, 0.25) is 15.9 Å². The highest BCUT2D eigenvalue weighted by Crippen LogP contribution is 2.32. The molecule has 0 radical (unpaired) electrons. The molecule has 2 aromatic carbocycles. The van der Waals surface area contributed by atoms with Crippen molar-refractivity contribution >= 4 is 33.2 Å². The van der Waals surface area contributed by atoms with Crippen molar-refractivity contribution < 1.29 is 22.3 Å². The smallest absolute Gasteiger partial charge is 0.243 e. The average molecular weight is 467 g/mol. The Morgan fingerprint density at radius 2 is 1.84 bits per heavy atom. The topological polar surface area (TPSA) is 66.9 Å². The lowest BCUT2D eigenvalue weighted by atomic mass is 10.2. The van der Waals surface area contributed by atoms with Gasteiger partial charge in [0.15, 0.2) is 0 Å². The normalized spacial score (nSPS) is 16.9. The predicted molar refractivity (Wildman–Crippen MR) is 117 cm³/mol. The highest BCUT2D eigenvalue weighted by molar-refractivity contribution is 7.89. The minimum absolute atomic E-state index is 0.109. The summed E-state index contributed by atoms with van der Waals surface area (Å²) in [5.74, 6) is -0.252. The number of piperidine rings is 1. The summed E-state index contributed by atoms with van der Waals surface area (Å²) in [6.07, 6.45) is 3.57. The maximum absolute atomic E-state index is 13.1. The van der Waals surface area contributed by atoms with Crippen molar-refractivity contribution in [2.45, 2.75) is 37.0 Å². The molecule has 1 amide bonds. The first-order valence-corrected chi connectivity index (χ1v) is 12.2. The van der Waals surface area contributed by atoms with Crippen LogP contribution in [-0.2, 0) is 21.2 Å². The maximum atomic E-state index is 13.1. The predicted octanol–water partition coefficient (Wildman–Crippen LogP) is 4.01. The van der Waals surface area contributed by atoms with Gasteiger partial charge in [-0.05, 0) is 61.2 Å². The monoisotopic (exact) mass is 466 g/mol. The number of nitrogens with zero attached hydrogens (tertiary/aromatic N) is 2. The van der Waals surface area contributed by atoms with Gasteiger partial charge in [-0.1, -0.05) is 18.0 Å². The van der Waals surface area contributed by atoms with E-state index in [1.807, 2.05) is 0 Å². The quantitative estimate of drug-likeness (QED) is 0.645. The number of carbonyl (C=O) groups excluding carboxylic acids is 1. The van der Waals surface area contributed by atoms with Crippen molar-refractivity contribution in [2.24, 2.45) is 0 Å². The summed E-state index contributed by atoms with van der Waals surface area (Å²) in [5, 5.41) is 0.154. The third-order valence-corrected chi connectivity index (χ3v) is 7.86. The molecule has 2 aliphatic heterocycles. The highest BCUT2D eigenvalue weighted by Gasteiger charge is 2.30. The molecular weight excluding hydrogens is 443 g/mol. The van der Waals surface area contributed by atoms with Gasteiger partial charge >= 0.3 is 0 Å². The van der Waals surface area contributed by atoms with Crippen molar-refractivity contribution in [2.75, 3.05) is 31.1 Å². The van der Waals surface area contributed by atoms with Crippen LogP contribution in [0.4, 0.5) is 10.1 Å². The van der Waals surface area contributed by atoms with E-state index in [4.69, 9.17) is 16.3 Å². The molecule has 6 nitrogen and oxygen atoms in total. The van der Waals surface area contributed by atoms with Crippen LogP contribution < -0.4 is 9.64 Å². The number of amides is 1. The zero-order chi connectivity index (χ0) is 22.0. The van der Waals surface area contributed by atoms with Crippen LogP contribution >= 0.6 is 11.6 Å². The van der Waals surface area contributed by atoms with E-state index in [2.05, 4.69) is 0 Å². The van der Waals surface area contributed by atoms with Crippen molar-refractivity contribution in [3.05, 3.63) is 52.8 Å². The lowest BCUT2D eigenvalue weighted by molar-refractivity contribution is -0.119. The fraction of sp³-hybridized carbons (Fsp3) is 0.409. The Morgan fingerprint density at radius 1 is 1.06 bits per heavy atom. The van der Waals surface area contributed by atoms with Gasteiger partial charge in [-0.3, -0.25) is 4.79 Å². The molecule has 0 N–H and O–H groups in total. The molecule has 2 aliphatic rings. The van der Waals surface area contributed by atoms with Gasteiger partial charge in [0.05, 0.1) is 22.9 Å². The van der Waals surface area contributed by atoms with E-state index in [0.717, 1.165) is 36.6 Å². The standard InChI is InChI=1S/C22H24ClFN2O4S/c23-19-15-17(24)4-7-21(19)30-13-9-22(27)26-12-8-16-14-18(5-6-20(16)26)31(28,29)25-10-2-1-3-11-25/h4-7,14-15H,1-3,8-13H2. The highest BCUT2D eigenvalue weighted by atomic mass is 35.5. The average Bonchev–Trinajstić information content (AvgIpc) is 3.19. The largest absolute Gasteiger partial charge is 0.491 e. The zero-order valence-corrected chi connectivity index (χ0v) is 18.6. The molecule has 1 fully saturated rings. The van der Waals surface area contributed by atoms with Gasteiger partial charge in [0.1, 0.15) is 11.6 Å². The SMILES string of the molecule is O=C(CCOc1ccc(F)cc1Cl)N1CCc2cc(S(=O)(=O)N3CCCCC3)ccc21. The van der Waals surface area contributed by atoms with Crippen LogP contribution in [0.5, 0.6) is 5.75 Å². The molecule has 0 aliphatic carbocycles. The lowest BCUT2D eigenvalue weighted by Gasteiger charge is -2.26. The van der Waals surface area contributed by atoms with Gasteiger partial charge in [-0.15, -0.1) is 0 Å². The van der Waals surface area contributed by atoms with E-state index in [9.17, 15) is 17.6 Å². The molecule has 166 valence electrons. The van der Waals surface area contributed by atoms with Crippen LogP contribution in [0.1, 0.15) is 31.2 Å². The van der Waals surface area contributed by atoms with E-state index >= 15 is 0 Å². The Hall–Kier alpha value is -2.16. The summed E-state index contributed by atoms with van der Waals surface area (Å²) in [6, 6.07) is 8.83. The van der Waals surface area contributed by atoms with Gasteiger partial charge in [0, 0.05) is 25.3 Å². The van der Waals surface area contributed by atoms with Crippen molar-refractivity contribution in [3.8, 4) is 5.75 Å². The van der Waals surface area contributed by atoms with E-state index in [1.54, 1.807) is 27.4 Å². The fourth-order valence-corrected chi connectivity index (χ4v) is 5.82. The minimum atomic E-state index is -3.50. The number of rotatable bonds is 6. The molecule has 0 aromatic heterocycles. The van der Waals surface area contributed by atoms with Gasteiger partial charge in [-0.25, -0.2) is 12.8 Å². The van der Waals surface area contributed by atoms with E-state index in [1.165, 1.54) is 12.1 Å². The summed E-state index contributed by atoms with van der Waals surface area (Å²) in [7, 11) is -3.50. The van der Waals surface area contributed by atoms with Crippen molar-refractivity contribution in [1.29, 1.82) is 0 Å². The first-order valence-electron chi connectivity index (χ1n) is 10.4. The lowest BCUT2D eigenvalue weighted by Crippen LogP contribution is -2.35. The second kappa shape index (κ2) is 9.14. The zero-order valence-electron chi connectivity index (χ0n) is 17.0. The maximum Gasteiger partial charge on any atom is 0.243 e. The van der Waals surface area contributed by atoms with E-state index < -0.39 is 15.8 Å². The molecule has 0 saturated carbocycles. The molecule has 31 heavy (non-hydrogen) atoms. The third kappa shape index (κ3) is 4.71. The number of carbonyl (C=O) groups is 1. The van der Waals surface area contributed by atoms with Crippen molar-refractivity contribution in [3.63, 3.8) is 0 Å². The number of hydrogen-bond acceptors (Lipinski definition) is 4. The molecule has 4 rings (SSSR count). The first-order chi connectivity index (χ1) is 14.9. The van der Waals surface area contributed by atoms with Crippen molar-refractivity contribution in [1.82, 2.24) is 4.31 Å². The molecule has 0 unspecified atom stereocenters. The summed E-state index contributed by atoms with van der Waals surface area (Å²) >= 11 is 5.93. The molecule has 1 saturated heterocycles. The number of fused-ring (bicyclic) bond motifs is 1. The fourth-order valence-electron chi connectivity index (χ4n) is 4.03. The van der Waals surface area contributed by atoms with Crippen LogP contribution in [0, 0.1) is 5.82 Å². The molecule has 0 atom stereocenters. The van der Waals surface area contributed by atoms with Gasteiger partial charge in [-0.2, -0.15) is 4.31 Å². The third-order valence-electron chi connectivity index (χ3n) is 5.67. The summed E-state index contributed by atoms with van der Waals surface area (Å²) in [5.41, 5.74) is 1.59. The molecule has 0 spiro atoms. The molecular formula is C22H24ClFN2O4S. The van der Waals surface area contributed by atoms with Crippen LogP contribution in [0.15, 0.2) is 41.3 Å². The number of halogens is 2. The Morgan fingerprint density at radius 3 is 2.58 bits per heavy atom. The Bertz CT molecular complexity index is 1090. The minimum Gasteiger partial charge on any atom is -0.491 e. The van der Waals surface area contributed by atoms with E-state index in [0.29, 0.717) is 31.8 Å². The van der Waals surface area contributed by atoms with Crippen LogP contribution in [-0.4, -0.2) is 44.9 Å². The second-order valence-electron chi connectivity index (χ2n) is 7.72. The van der Waals surface area contributed by atoms with Gasteiger partial charge in [0.25, 0.3) is 0 Å². The number of sulfonamides is 1. The van der Waals surface area contributed by atoms with Crippen LogP contribution in [0.25, 0.3) is 0 Å². The second-order valence-corrected chi connectivity index (χ2v) is 10.1. The first kappa shape index (κ1) is 22.0. The summed E-state index contributed by atoms with van der Waals surface area (Å²) < 4.78 is 46.0. The number of ether oxygens (including phenoxy) is 1. The Kier molecular flexibility index (Phi) is 6.50. The molecule has 2 heterocycles. The van der Waals surface area contributed by atoms with Crippen LogP contribution in [0.3, 0.4) is 0 Å². The number of anilines is 1.